The zero-order chi connectivity index (χ0) is 13.8. The third-order valence-electron chi connectivity index (χ3n) is 3.07. The average Bonchev–Trinajstić information content (AvgIpc) is 2.38. The van der Waals surface area contributed by atoms with Crippen LogP contribution < -0.4 is 15.4 Å². The maximum atomic E-state index is 5.90. The van der Waals surface area contributed by atoms with Gasteiger partial charge in [0.25, 0.3) is 0 Å². The Kier molecular flexibility index (Phi) is 4.55. The summed E-state index contributed by atoms with van der Waals surface area (Å²) in [5.41, 5.74) is 6.80. The highest BCUT2D eigenvalue weighted by molar-refractivity contribution is 5.35. The molecule has 0 saturated carbocycles. The third-order valence-corrected chi connectivity index (χ3v) is 3.07. The molecule has 1 aliphatic heterocycles. The molecule has 106 valence electrons. The predicted octanol–water partition coefficient (Wildman–Crippen LogP) is 0.736. The highest BCUT2D eigenvalue weighted by Gasteiger charge is 2.25. The van der Waals surface area contributed by atoms with Crippen LogP contribution in [0, 0.1) is 6.92 Å². The van der Waals surface area contributed by atoms with E-state index in [0.29, 0.717) is 31.6 Å². The van der Waals surface area contributed by atoms with E-state index in [1.54, 1.807) is 0 Å². The van der Waals surface area contributed by atoms with Crippen molar-refractivity contribution in [3.05, 3.63) is 11.8 Å². The van der Waals surface area contributed by atoms with Gasteiger partial charge in [0.1, 0.15) is 0 Å². The van der Waals surface area contributed by atoms with Crippen LogP contribution in [0.1, 0.15) is 19.5 Å². The Morgan fingerprint density at radius 1 is 1.58 bits per heavy atom. The Balaban J connectivity index is 2.16. The molecule has 0 radical (unpaired) electrons. The highest BCUT2D eigenvalue weighted by atomic mass is 16.5. The van der Waals surface area contributed by atoms with Crippen molar-refractivity contribution in [2.75, 3.05) is 31.2 Å². The molecule has 1 fully saturated rings. The van der Waals surface area contributed by atoms with Crippen LogP contribution in [0.25, 0.3) is 0 Å². The van der Waals surface area contributed by atoms with Gasteiger partial charge in [-0.1, -0.05) is 0 Å². The van der Waals surface area contributed by atoms with Crippen molar-refractivity contribution < 1.29 is 9.47 Å². The molecule has 2 heterocycles. The van der Waals surface area contributed by atoms with Crippen molar-refractivity contribution in [2.24, 2.45) is 5.73 Å². The second-order valence-corrected chi connectivity index (χ2v) is 4.79. The van der Waals surface area contributed by atoms with Gasteiger partial charge in [0.15, 0.2) is 0 Å². The number of ether oxygens (including phenoxy) is 2. The van der Waals surface area contributed by atoms with Gasteiger partial charge in [-0.15, -0.1) is 0 Å². The summed E-state index contributed by atoms with van der Waals surface area (Å²) in [5, 5.41) is 0. The Hall–Kier alpha value is -1.40. The van der Waals surface area contributed by atoms with E-state index in [-0.39, 0.29) is 12.1 Å². The van der Waals surface area contributed by atoms with E-state index in [1.807, 2.05) is 26.8 Å². The summed E-state index contributed by atoms with van der Waals surface area (Å²) >= 11 is 0. The van der Waals surface area contributed by atoms with Crippen molar-refractivity contribution in [1.82, 2.24) is 9.97 Å². The van der Waals surface area contributed by atoms with E-state index in [4.69, 9.17) is 15.2 Å². The fraction of sp³-hybridized carbons (Fsp3) is 0.692. The second-order valence-electron chi connectivity index (χ2n) is 4.79. The Morgan fingerprint density at radius 3 is 3.05 bits per heavy atom. The van der Waals surface area contributed by atoms with Crippen LogP contribution in [0.3, 0.4) is 0 Å². The molecule has 0 aromatic carbocycles. The van der Waals surface area contributed by atoms with Gasteiger partial charge in [-0.3, -0.25) is 0 Å². The minimum absolute atomic E-state index is 0.000952. The SMILES string of the molecule is CCOc1cc(C)nc(N2CCOC(C(C)N)C2)n1. The largest absolute Gasteiger partial charge is 0.478 e. The van der Waals surface area contributed by atoms with Crippen molar-refractivity contribution in [2.45, 2.75) is 32.9 Å². The second kappa shape index (κ2) is 6.16. The van der Waals surface area contributed by atoms with E-state index in [9.17, 15) is 0 Å². The third kappa shape index (κ3) is 3.54. The minimum atomic E-state index is -0.000952. The van der Waals surface area contributed by atoms with Crippen molar-refractivity contribution >= 4 is 5.95 Å². The summed E-state index contributed by atoms with van der Waals surface area (Å²) in [6.07, 6.45) is 0.0217. The average molecular weight is 266 g/mol. The molecule has 0 amide bonds. The molecule has 2 unspecified atom stereocenters. The Bertz CT molecular complexity index is 425. The van der Waals surface area contributed by atoms with Crippen LogP contribution in [-0.2, 0) is 4.74 Å². The molecule has 6 heteroatoms. The monoisotopic (exact) mass is 266 g/mol. The number of nitrogens with zero attached hydrogens (tertiary/aromatic N) is 3. The van der Waals surface area contributed by atoms with Gasteiger partial charge in [-0.2, -0.15) is 4.98 Å². The molecule has 19 heavy (non-hydrogen) atoms. The predicted molar refractivity (Wildman–Crippen MR) is 73.5 cm³/mol. The standard InChI is InChI=1S/C13H22N4O2/c1-4-18-12-7-9(2)15-13(16-12)17-5-6-19-11(8-17)10(3)14/h7,10-11H,4-6,8,14H2,1-3H3. The minimum Gasteiger partial charge on any atom is -0.478 e. The van der Waals surface area contributed by atoms with Gasteiger partial charge < -0.3 is 20.1 Å². The smallest absolute Gasteiger partial charge is 0.229 e. The molecule has 6 nitrogen and oxygen atoms in total. The van der Waals surface area contributed by atoms with E-state index in [1.165, 1.54) is 0 Å². The highest BCUT2D eigenvalue weighted by Crippen LogP contribution is 2.18. The molecule has 2 rings (SSSR count). The quantitative estimate of drug-likeness (QED) is 0.866. The number of aromatic nitrogens is 2. The molecular formula is C13H22N4O2. The number of nitrogens with two attached hydrogens (primary N) is 1. The zero-order valence-corrected chi connectivity index (χ0v) is 11.8. The van der Waals surface area contributed by atoms with Gasteiger partial charge in [0.05, 0.1) is 19.3 Å². The maximum Gasteiger partial charge on any atom is 0.229 e. The maximum absolute atomic E-state index is 5.90. The molecule has 1 aliphatic rings. The normalized spacial score (nSPS) is 21.3. The van der Waals surface area contributed by atoms with E-state index >= 15 is 0 Å². The molecule has 0 aliphatic carbocycles. The van der Waals surface area contributed by atoms with Crippen molar-refractivity contribution in [1.29, 1.82) is 0 Å². The lowest BCUT2D eigenvalue weighted by Crippen LogP contribution is -2.50. The molecule has 2 atom stereocenters. The molecule has 1 aromatic rings. The van der Waals surface area contributed by atoms with Gasteiger partial charge in [0.2, 0.25) is 11.8 Å². The number of hydrogen-bond donors (Lipinski definition) is 1. The van der Waals surface area contributed by atoms with Gasteiger partial charge in [-0.05, 0) is 20.8 Å². The van der Waals surface area contributed by atoms with E-state index in [0.717, 1.165) is 12.2 Å². The molecule has 1 aromatic heterocycles. The molecule has 2 N–H and O–H groups in total. The van der Waals surface area contributed by atoms with Crippen molar-refractivity contribution in [3.8, 4) is 5.88 Å². The summed E-state index contributed by atoms with van der Waals surface area (Å²) in [6, 6.07) is 1.84. The number of aryl methyl sites for hydroxylation is 1. The Morgan fingerprint density at radius 2 is 2.37 bits per heavy atom. The lowest BCUT2D eigenvalue weighted by molar-refractivity contribution is 0.0270. The summed E-state index contributed by atoms with van der Waals surface area (Å²) in [4.78, 5) is 11.0. The van der Waals surface area contributed by atoms with E-state index in [2.05, 4.69) is 14.9 Å². The molecule has 0 bridgehead atoms. The van der Waals surface area contributed by atoms with Crippen LogP contribution in [0.4, 0.5) is 5.95 Å². The van der Waals surface area contributed by atoms with Gasteiger partial charge in [-0.25, -0.2) is 4.98 Å². The lowest BCUT2D eigenvalue weighted by Gasteiger charge is -2.34. The number of rotatable bonds is 4. The summed E-state index contributed by atoms with van der Waals surface area (Å²) in [6.45, 7) is 8.58. The zero-order valence-electron chi connectivity index (χ0n) is 11.8. The molecular weight excluding hydrogens is 244 g/mol. The molecule has 0 spiro atoms. The molecule has 1 saturated heterocycles. The number of hydrogen-bond acceptors (Lipinski definition) is 6. The lowest BCUT2D eigenvalue weighted by atomic mass is 10.1. The first kappa shape index (κ1) is 14.0. The van der Waals surface area contributed by atoms with E-state index < -0.39 is 0 Å². The van der Waals surface area contributed by atoms with Crippen LogP contribution in [0.15, 0.2) is 6.07 Å². The fourth-order valence-electron chi connectivity index (χ4n) is 2.06. The summed E-state index contributed by atoms with van der Waals surface area (Å²) < 4.78 is 11.1. The number of anilines is 1. The van der Waals surface area contributed by atoms with Gasteiger partial charge in [0, 0.05) is 30.9 Å². The summed E-state index contributed by atoms with van der Waals surface area (Å²) in [5.74, 6) is 1.31. The first-order valence-electron chi connectivity index (χ1n) is 6.70. The Labute approximate surface area is 113 Å². The van der Waals surface area contributed by atoms with Crippen molar-refractivity contribution in [3.63, 3.8) is 0 Å². The summed E-state index contributed by atoms with van der Waals surface area (Å²) in [7, 11) is 0. The van der Waals surface area contributed by atoms with Crippen LogP contribution >= 0.6 is 0 Å². The van der Waals surface area contributed by atoms with Crippen LogP contribution in [0.5, 0.6) is 5.88 Å². The topological polar surface area (TPSA) is 73.5 Å². The van der Waals surface area contributed by atoms with Crippen LogP contribution in [-0.4, -0.2) is 48.4 Å². The first-order chi connectivity index (χ1) is 9.10. The first-order valence-corrected chi connectivity index (χ1v) is 6.70. The van der Waals surface area contributed by atoms with Gasteiger partial charge >= 0.3 is 0 Å². The van der Waals surface area contributed by atoms with Crippen LogP contribution in [0.2, 0.25) is 0 Å². The number of morpholine rings is 1. The fourth-order valence-corrected chi connectivity index (χ4v) is 2.06.